The molecule has 1 aliphatic heterocycles. The van der Waals surface area contributed by atoms with E-state index in [-0.39, 0.29) is 12.4 Å². The van der Waals surface area contributed by atoms with Gasteiger partial charge in [0, 0.05) is 0 Å². The van der Waals surface area contributed by atoms with E-state index in [0.717, 1.165) is 30.8 Å². The summed E-state index contributed by atoms with van der Waals surface area (Å²) in [5.74, 6) is 0. The maximum atomic E-state index is 8.48. The summed E-state index contributed by atoms with van der Waals surface area (Å²) in [5.41, 5.74) is 0. The Morgan fingerprint density at radius 1 is 1.45 bits per heavy atom. The van der Waals surface area contributed by atoms with Crippen LogP contribution in [0.1, 0.15) is 0 Å². The Kier molecular flexibility index (Phi) is 4.43. The fourth-order valence-corrected chi connectivity index (χ4v) is 1.11. The summed E-state index contributed by atoms with van der Waals surface area (Å²) in [4.78, 5) is 0. The molecule has 0 aromatic heterocycles. The molecule has 1 rings (SSSR count). The SMILES string of the molecule is C[N+]1(CC#N)CCOCC1.[Cl-]. The predicted octanol–water partition coefficient (Wildman–Crippen LogP) is -3.01. The largest absolute Gasteiger partial charge is 1.00 e. The number of rotatable bonds is 1. The lowest BCUT2D eigenvalue weighted by atomic mass is 10.3. The number of nitriles is 1. The van der Waals surface area contributed by atoms with Gasteiger partial charge in [-0.05, 0) is 0 Å². The first kappa shape index (κ1) is 10.7. The molecule has 0 bridgehead atoms. The van der Waals surface area contributed by atoms with Gasteiger partial charge in [0.2, 0.25) is 0 Å². The Morgan fingerprint density at radius 3 is 2.45 bits per heavy atom. The summed E-state index contributed by atoms with van der Waals surface area (Å²) >= 11 is 0. The van der Waals surface area contributed by atoms with Crippen molar-refractivity contribution in [2.45, 2.75) is 0 Å². The fourth-order valence-electron chi connectivity index (χ4n) is 1.11. The third-order valence-corrected chi connectivity index (χ3v) is 2.00. The number of quaternary nitrogens is 1. The molecule has 0 unspecified atom stereocenters. The molecule has 0 aromatic rings. The van der Waals surface area contributed by atoms with E-state index in [0.29, 0.717) is 6.54 Å². The molecule has 4 heteroatoms. The lowest BCUT2D eigenvalue weighted by Crippen LogP contribution is -3.00. The average molecular weight is 177 g/mol. The topological polar surface area (TPSA) is 33.0 Å². The van der Waals surface area contributed by atoms with Crippen molar-refractivity contribution in [2.24, 2.45) is 0 Å². The van der Waals surface area contributed by atoms with Crippen LogP contribution in [0.15, 0.2) is 0 Å². The third-order valence-electron chi connectivity index (χ3n) is 2.00. The van der Waals surface area contributed by atoms with Crippen molar-refractivity contribution in [3.8, 4) is 6.07 Å². The summed E-state index contributed by atoms with van der Waals surface area (Å²) in [7, 11) is 2.10. The molecule has 0 spiro atoms. The van der Waals surface area contributed by atoms with Crippen molar-refractivity contribution in [3.63, 3.8) is 0 Å². The Balaban J connectivity index is 0.000001000. The molecular formula is C7H13ClN2O. The molecule has 0 aromatic carbocycles. The monoisotopic (exact) mass is 176 g/mol. The molecule has 1 aliphatic rings. The van der Waals surface area contributed by atoms with Gasteiger partial charge in [-0.1, -0.05) is 0 Å². The van der Waals surface area contributed by atoms with Gasteiger partial charge in [0.25, 0.3) is 0 Å². The summed E-state index contributed by atoms with van der Waals surface area (Å²) in [6.07, 6.45) is 0. The van der Waals surface area contributed by atoms with E-state index in [2.05, 4.69) is 13.1 Å². The van der Waals surface area contributed by atoms with Crippen molar-refractivity contribution >= 4 is 0 Å². The van der Waals surface area contributed by atoms with Gasteiger partial charge in [-0.25, -0.2) is 0 Å². The molecule has 0 N–H and O–H groups in total. The van der Waals surface area contributed by atoms with E-state index in [4.69, 9.17) is 10.00 Å². The first-order chi connectivity index (χ1) is 4.77. The van der Waals surface area contributed by atoms with Crippen LogP contribution in [-0.2, 0) is 4.74 Å². The minimum Gasteiger partial charge on any atom is -1.00 e. The second-order valence-corrected chi connectivity index (χ2v) is 3.00. The molecule has 11 heavy (non-hydrogen) atoms. The number of likely N-dealkylation sites (N-methyl/N-ethyl adjacent to an activating group) is 1. The molecule has 1 saturated heterocycles. The maximum Gasteiger partial charge on any atom is 0.166 e. The van der Waals surface area contributed by atoms with Gasteiger partial charge in [-0.15, -0.1) is 0 Å². The van der Waals surface area contributed by atoms with E-state index >= 15 is 0 Å². The lowest BCUT2D eigenvalue weighted by molar-refractivity contribution is -0.910. The highest BCUT2D eigenvalue weighted by molar-refractivity contribution is 4.68. The maximum absolute atomic E-state index is 8.48. The number of halogens is 1. The van der Waals surface area contributed by atoms with Gasteiger partial charge in [0.05, 0.1) is 20.3 Å². The number of nitrogens with zero attached hydrogens (tertiary/aromatic N) is 2. The molecule has 0 radical (unpaired) electrons. The van der Waals surface area contributed by atoms with Crippen LogP contribution in [0.25, 0.3) is 0 Å². The number of morpholine rings is 1. The van der Waals surface area contributed by atoms with Crippen LogP contribution in [0.2, 0.25) is 0 Å². The molecular weight excluding hydrogens is 164 g/mol. The molecule has 0 aliphatic carbocycles. The first-order valence-corrected chi connectivity index (χ1v) is 3.55. The van der Waals surface area contributed by atoms with Crippen LogP contribution < -0.4 is 12.4 Å². The van der Waals surface area contributed by atoms with Crippen molar-refractivity contribution in [2.75, 3.05) is 39.9 Å². The Bertz CT molecular complexity index is 149. The minimum atomic E-state index is 0. The second kappa shape index (κ2) is 4.55. The number of hydrogen-bond acceptors (Lipinski definition) is 2. The highest BCUT2D eigenvalue weighted by Crippen LogP contribution is 2.05. The van der Waals surface area contributed by atoms with Crippen molar-refractivity contribution in [1.82, 2.24) is 0 Å². The van der Waals surface area contributed by atoms with E-state index in [9.17, 15) is 0 Å². The van der Waals surface area contributed by atoms with Gasteiger partial charge in [-0.3, -0.25) is 0 Å². The summed E-state index contributed by atoms with van der Waals surface area (Å²) in [6, 6.07) is 2.19. The van der Waals surface area contributed by atoms with Crippen LogP contribution >= 0.6 is 0 Å². The van der Waals surface area contributed by atoms with Crippen molar-refractivity contribution in [1.29, 1.82) is 5.26 Å². The summed E-state index contributed by atoms with van der Waals surface area (Å²) in [5, 5.41) is 8.48. The van der Waals surface area contributed by atoms with Gasteiger partial charge in [-0.2, -0.15) is 5.26 Å². The Morgan fingerprint density at radius 2 is 2.00 bits per heavy atom. The highest BCUT2D eigenvalue weighted by Gasteiger charge is 2.23. The molecule has 1 fully saturated rings. The molecule has 3 nitrogen and oxygen atoms in total. The number of ether oxygens (including phenoxy) is 1. The summed E-state index contributed by atoms with van der Waals surface area (Å²) in [6.45, 7) is 4.18. The Hall–Kier alpha value is -0.300. The zero-order valence-electron chi connectivity index (χ0n) is 6.72. The van der Waals surface area contributed by atoms with Gasteiger partial charge in [0.15, 0.2) is 6.54 Å². The standard InChI is InChI=1S/C7H13N2O.ClH/c1-9(3-2-8)4-6-10-7-5-9;/h3-7H2,1H3;1H/q+1;/p-1. The van der Waals surface area contributed by atoms with E-state index < -0.39 is 0 Å². The van der Waals surface area contributed by atoms with Gasteiger partial charge in [0.1, 0.15) is 19.2 Å². The molecule has 0 amide bonds. The van der Waals surface area contributed by atoms with Crippen molar-refractivity contribution < 1.29 is 21.6 Å². The van der Waals surface area contributed by atoms with Crippen LogP contribution in [0.4, 0.5) is 0 Å². The smallest absolute Gasteiger partial charge is 0.166 e. The molecule has 64 valence electrons. The molecule has 1 heterocycles. The lowest BCUT2D eigenvalue weighted by Gasteiger charge is -2.35. The first-order valence-electron chi connectivity index (χ1n) is 3.55. The zero-order valence-corrected chi connectivity index (χ0v) is 7.47. The average Bonchev–Trinajstić information content (AvgIpc) is 1.89. The van der Waals surface area contributed by atoms with Crippen LogP contribution in [0.3, 0.4) is 0 Å². The van der Waals surface area contributed by atoms with Gasteiger partial charge >= 0.3 is 0 Å². The highest BCUT2D eigenvalue weighted by atomic mass is 35.5. The summed E-state index contributed by atoms with van der Waals surface area (Å²) < 4.78 is 6.04. The van der Waals surface area contributed by atoms with Crippen LogP contribution in [-0.4, -0.2) is 44.4 Å². The normalized spacial score (nSPS) is 21.5. The van der Waals surface area contributed by atoms with Crippen molar-refractivity contribution in [3.05, 3.63) is 0 Å². The minimum absolute atomic E-state index is 0. The molecule has 0 saturated carbocycles. The fraction of sp³-hybridized carbons (Fsp3) is 0.857. The van der Waals surface area contributed by atoms with Crippen LogP contribution in [0.5, 0.6) is 0 Å². The van der Waals surface area contributed by atoms with E-state index in [1.807, 2.05) is 0 Å². The number of hydrogen-bond donors (Lipinski definition) is 0. The zero-order chi connectivity index (χ0) is 7.45. The molecule has 0 atom stereocenters. The second-order valence-electron chi connectivity index (χ2n) is 3.00. The predicted molar refractivity (Wildman–Crippen MR) is 37.2 cm³/mol. The van der Waals surface area contributed by atoms with E-state index in [1.54, 1.807) is 0 Å². The van der Waals surface area contributed by atoms with E-state index in [1.165, 1.54) is 0 Å². The van der Waals surface area contributed by atoms with Crippen LogP contribution in [0, 0.1) is 11.3 Å². The van der Waals surface area contributed by atoms with Gasteiger partial charge < -0.3 is 21.6 Å². The Labute approximate surface area is 73.6 Å². The third kappa shape index (κ3) is 3.06. The quantitative estimate of drug-likeness (QED) is 0.315.